The van der Waals surface area contributed by atoms with E-state index in [4.69, 9.17) is 4.99 Å². The van der Waals surface area contributed by atoms with Crippen LogP contribution in [0.2, 0.25) is 0 Å². The number of carboxylic acid groups (broad SMARTS) is 1. The van der Waals surface area contributed by atoms with E-state index in [1.807, 2.05) is 31.2 Å². The predicted octanol–water partition coefficient (Wildman–Crippen LogP) is 5.48. The molecule has 1 amide bonds. The molecule has 1 aliphatic heterocycles. The summed E-state index contributed by atoms with van der Waals surface area (Å²) in [5, 5.41) is 12.3. The molecule has 1 aromatic heterocycles. The van der Waals surface area contributed by atoms with Gasteiger partial charge in [-0.3, -0.25) is 19.6 Å². The van der Waals surface area contributed by atoms with Crippen molar-refractivity contribution >= 4 is 46.0 Å². The number of anilines is 3. The van der Waals surface area contributed by atoms with Gasteiger partial charge in [0.25, 0.3) is 11.5 Å². The van der Waals surface area contributed by atoms with E-state index >= 15 is 0 Å². The number of aliphatic imine (C=N–C) groups is 1. The zero-order valence-electron chi connectivity index (χ0n) is 22.5. The fraction of sp³-hybridized carbons (Fsp3) is 0.161. The highest BCUT2D eigenvalue weighted by molar-refractivity contribution is 6.61. The standard InChI is InChI=1S/C31H29N5O4/c1-5-34(6-2)24-16-17-25(19(3)18-24)32-27-20(4)26-28(35(30(27)38)22-10-8-7-9-11-22)33-36(29(26)37)23-14-12-21(13-15-23)31(39)40/h7-18,33H,4-6H2,1-3H3,(H,39,40). The molecule has 0 radical (unpaired) electrons. The second-order valence-electron chi connectivity index (χ2n) is 9.39. The summed E-state index contributed by atoms with van der Waals surface area (Å²) < 4.78 is 1.28. The molecule has 3 aromatic carbocycles. The largest absolute Gasteiger partial charge is 0.478 e. The number of carbonyl (C=O) groups excluding carboxylic acids is 1. The first-order valence-corrected chi connectivity index (χ1v) is 13.0. The maximum absolute atomic E-state index is 14.0. The Kier molecular flexibility index (Phi) is 6.96. The highest BCUT2D eigenvalue weighted by Crippen LogP contribution is 2.37. The smallest absolute Gasteiger partial charge is 0.335 e. The summed E-state index contributed by atoms with van der Waals surface area (Å²) in [5.41, 5.74) is 3.68. The lowest BCUT2D eigenvalue weighted by molar-refractivity contribution is -0.111. The van der Waals surface area contributed by atoms with Gasteiger partial charge in [0.05, 0.1) is 28.2 Å². The van der Waals surface area contributed by atoms with E-state index in [1.165, 1.54) is 33.8 Å². The van der Waals surface area contributed by atoms with E-state index in [0.717, 1.165) is 24.3 Å². The minimum absolute atomic E-state index is 0.0690. The average Bonchev–Trinajstić information content (AvgIpc) is 3.30. The number of aryl methyl sites for hydroxylation is 1. The molecule has 9 heteroatoms. The maximum atomic E-state index is 14.0. The van der Waals surface area contributed by atoms with Crippen LogP contribution in [0.1, 0.15) is 35.3 Å². The highest BCUT2D eigenvalue weighted by Gasteiger charge is 2.38. The van der Waals surface area contributed by atoms with Crippen molar-refractivity contribution in [3.05, 3.63) is 106 Å². The van der Waals surface area contributed by atoms with Crippen LogP contribution in [0.25, 0.3) is 11.3 Å². The molecular formula is C31H29N5O4. The monoisotopic (exact) mass is 535 g/mol. The third-order valence-electron chi connectivity index (χ3n) is 7.02. The fourth-order valence-corrected chi connectivity index (χ4v) is 4.86. The SMILES string of the molecule is C=C1C(=Nc2ccc(N(CC)CC)cc2C)C(=O)N(c2ccccc2)c2[nH]n(-c3ccc(C(=O)O)cc3)c(=O)c21. The number of fused-ring (bicyclic) bond motifs is 1. The molecule has 0 unspecified atom stereocenters. The average molecular weight is 536 g/mol. The first-order valence-electron chi connectivity index (χ1n) is 13.0. The van der Waals surface area contributed by atoms with Crippen LogP contribution in [0.5, 0.6) is 0 Å². The van der Waals surface area contributed by atoms with Gasteiger partial charge in [-0.15, -0.1) is 0 Å². The second-order valence-corrected chi connectivity index (χ2v) is 9.39. The zero-order chi connectivity index (χ0) is 28.6. The van der Waals surface area contributed by atoms with Crippen LogP contribution < -0.4 is 15.4 Å². The number of carboxylic acids is 1. The van der Waals surface area contributed by atoms with Gasteiger partial charge in [0.2, 0.25) is 0 Å². The molecule has 2 heterocycles. The van der Waals surface area contributed by atoms with Gasteiger partial charge in [0.1, 0.15) is 11.5 Å². The van der Waals surface area contributed by atoms with Crippen LogP contribution in [-0.4, -0.2) is 45.6 Å². The van der Waals surface area contributed by atoms with Gasteiger partial charge < -0.3 is 10.0 Å². The first kappa shape index (κ1) is 26.4. The Morgan fingerprint density at radius 2 is 1.65 bits per heavy atom. The third kappa shape index (κ3) is 4.51. The summed E-state index contributed by atoms with van der Waals surface area (Å²) in [6, 6.07) is 20.8. The molecule has 0 saturated carbocycles. The molecule has 0 fully saturated rings. The lowest BCUT2D eigenvalue weighted by atomic mass is 9.98. The fourth-order valence-electron chi connectivity index (χ4n) is 4.86. The van der Waals surface area contributed by atoms with E-state index in [0.29, 0.717) is 17.1 Å². The lowest BCUT2D eigenvalue weighted by Crippen LogP contribution is -2.38. The Morgan fingerprint density at radius 1 is 0.975 bits per heavy atom. The summed E-state index contributed by atoms with van der Waals surface area (Å²) in [4.78, 5) is 47.4. The molecular weight excluding hydrogens is 506 g/mol. The Morgan fingerprint density at radius 3 is 2.25 bits per heavy atom. The molecule has 0 spiro atoms. The summed E-state index contributed by atoms with van der Waals surface area (Å²) in [7, 11) is 0. The minimum Gasteiger partial charge on any atom is -0.478 e. The van der Waals surface area contributed by atoms with Gasteiger partial charge in [-0.1, -0.05) is 24.8 Å². The van der Waals surface area contributed by atoms with Crippen LogP contribution in [0, 0.1) is 6.92 Å². The zero-order valence-corrected chi connectivity index (χ0v) is 22.5. The van der Waals surface area contributed by atoms with Gasteiger partial charge >= 0.3 is 5.97 Å². The van der Waals surface area contributed by atoms with Gasteiger partial charge in [-0.2, -0.15) is 0 Å². The molecule has 202 valence electrons. The van der Waals surface area contributed by atoms with E-state index in [-0.39, 0.29) is 28.2 Å². The number of carbonyl (C=O) groups is 2. The van der Waals surface area contributed by atoms with Crippen molar-refractivity contribution in [3.63, 3.8) is 0 Å². The summed E-state index contributed by atoms with van der Waals surface area (Å²) >= 11 is 0. The van der Waals surface area contributed by atoms with E-state index in [9.17, 15) is 19.5 Å². The van der Waals surface area contributed by atoms with Crippen molar-refractivity contribution < 1.29 is 14.7 Å². The van der Waals surface area contributed by atoms with Gasteiger partial charge in [-0.05, 0) is 80.9 Å². The van der Waals surface area contributed by atoms with Crippen molar-refractivity contribution in [2.45, 2.75) is 20.8 Å². The molecule has 5 rings (SSSR count). The Bertz CT molecular complexity index is 1710. The first-order chi connectivity index (χ1) is 19.2. The number of rotatable bonds is 7. The number of aromatic carboxylic acids is 1. The van der Waals surface area contributed by atoms with Gasteiger partial charge in [0, 0.05) is 24.4 Å². The minimum atomic E-state index is -1.07. The van der Waals surface area contributed by atoms with Crippen LogP contribution in [0.4, 0.5) is 22.9 Å². The maximum Gasteiger partial charge on any atom is 0.335 e. The number of para-hydroxylation sites is 1. The molecule has 4 aromatic rings. The van der Waals surface area contributed by atoms with Crippen molar-refractivity contribution in [2.24, 2.45) is 4.99 Å². The summed E-state index contributed by atoms with van der Waals surface area (Å²) in [6.07, 6.45) is 0. The molecule has 2 N–H and O–H groups in total. The number of hydrogen-bond donors (Lipinski definition) is 2. The topological polar surface area (TPSA) is 111 Å². The Hall–Kier alpha value is -5.18. The Balaban J connectivity index is 1.66. The molecule has 9 nitrogen and oxygen atoms in total. The predicted molar refractivity (Wildman–Crippen MR) is 158 cm³/mol. The normalized spacial score (nSPS) is 14.0. The Labute approximate surface area is 231 Å². The number of aromatic amines is 1. The van der Waals surface area contributed by atoms with Crippen LogP contribution >= 0.6 is 0 Å². The molecule has 1 aliphatic rings. The van der Waals surface area contributed by atoms with E-state index < -0.39 is 17.4 Å². The lowest BCUT2D eigenvalue weighted by Gasteiger charge is -2.28. The molecule has 0 atom stereocenters. The van der Waals surface area contributed by atoms with E-state index in [1.54, 1.807) is 24.3 Å². The van der Waals surface area contributed by atoms with E-state index in [2.05, 4.69) is 30.4 Å². The number of hydrogen-bond acceptors (Lipinski definition) is 5. The molecule has 0 aliphatic carbocycles. The molecule has 40 heavy (non-hydrogen) atoms. The molecule has 0 bridgehead atoms. The number of amides is 1. The van der Waals surface area contributed by atoms with Crippen molar-refractivity contribution in [1.82, 2.24) is 9.78 Å². The van der Waals surface area contributed by atoms with Crippen LogP contribution in [-0.2, 0) is 4.79 Å². The van der Waals surface area contributed by atoms with Crippen molar-refractivity contribution in [2.75, 3.05) is 22.9 Å². The van der Waals surface area contributed by atoms with Gasteiger partial charge in [0.15, 0.2) is 0 Å². The number of H-pyrrole nitrogens is 1. The number of aromatic nitrogens is 2. The molecule has 0 saturated heterocycles. The summed E-state index contributed by atoms with van der Waals surface area (Å²) in [6.45, 7) is 12.0. The number of benzene rings is 3. The quantitative estimate of drug-likeness (QED) is 0.325. The number of nitrogens with one attached hydrogen (secondary N) is 1. The summed E-state index contributed by atoms with van der Waals surface area (Å²) in [5.74, 6) is -1.23. The van der Waals surface area contributed by atoms with Crippen molar-refractivity contribution in [1.29, 1.82) is 0 Å². The highest BCUT2D eigenvalue weighted by atomic mass is 16.4. The number of nitrogens with zero attached hydrogens (tertiary/aromatic N) is 4. The van der Waals surface area contributed by atoms with Crippen molar-refractivity contribution in [3.8, 4) is 5.69 Å². The van der Waals surface area contributed by atoms with Gasteiger partial charge in [-0.25, -0.2) is 14.5 Å². The van der Waals surface area contributed by atoms with Crippen LogP contribution in [0.3, 0.4) is 0 Å². The second kappa shape index (κ2) is 10.5. The third-order valence-corrected chi connectivity index (χ3v) is 7.02. The van der Waals surface area contributed by atoms with Crippen LogP contribution in [0.15, 0.2) is 89.2 Å².